The third kappa shape index (κ3) is 5.22. The van der Waals surface area contributed by atoms with Crippen LogP contribution >= 0.6 is 0 Å². The van der Waals surface area contributed by atoms with Crippen molar-refractivity contribution in [2.45, 2.75) is 25.7 Å². The Balaban J connectivity index is 1.26. The molecule has 0 fully saturated rings. The van der Waals surface area contributed by atoms with Gasteiger partial charge in [0.25, 0.3) is 11.5 Å². The number of aromatic nitrogens is 5. The quantitative estimate of drug-likeness (QED) is 0.356. The zero-order valence-electron chi connectivity index (χ0n) is 18.0. The highest BCUT2D eigenvalue weighted by Crippen LogP contribution is 2.19. The van der Waals surface area contributed by atoms with Crippen molar-refractivity contribution >= 4 is 16.9 Å². The monoisotopic (exact) mass is 450 g/mol. The Morgan fingerprint density at radius 3 is 2.64 bits per heavy atom. The molecule has 1 aromatic carbocycles. The van der Waals surface area contributed by atoms with Gasteiger partial charge in [0.1, 0.15) is 11.5 Å². The number of aryl methyl sites for hydroxylation is 1. The molecule has 3 heterocycles. The highest BCUT2D eigenvalue weighted by Gasteiger charge is 2.14. The van der Waals surface area contributed by atoms with Crippen LogP contribution in [-0.2, 0) is 6.42 Å². The number of aromatic amines is 3. The third-order valence-electron chi connectivity index (χ3n) is 5.40. The second-order valence-electron chi connectivity index (χ2n) is 7.85. The Morgan fingerprint density at radius 2 is 1.85 bits per heavy atom. The van der Waals surface area contributed by atoms with Crippen LogP contribution in [0.4, 0.5) is 4.39 Å². The SMILES string of the molecule is CN(CCCCCc1cc(-c2ccc(F)cc2)n[nH]1)C(=O)c1cnc2[nH]c(=O)[nH]c(=O)c2c1. The third-order valence-corrected chi connectivity index (χ3v) is 5.40. The molecule has 0 saturated heterocycles. The van der Waals surface area contributed by atoms with Crippen molar-refractivity contribution < 1.29 is 9.18 Å². The minimum Gasteiger partial charge on any atom is -0.342 e. The Labute approximate surface area is 187 Å². The van der Waals surface area contributed by atoms with E-state index in [9.17, 15) is 18.8 Å². The summed E-state index contributed by atoms with van der Waals surface area (Å²) in [4.78, 5) is 46.1. The second-order valence-corrected chi connectivity index (χ2v) is 7.85. The second kappa shape index (κ2) is 9.60. The van der Waals surface area contributed by atoms with Crippen LogP contribution in [0, 0.1) is 5.82 Å². The summed E-state index contributed by atoms with van der Waals surface area (Å²) >= 11 is 0. The number of H-pyrrole nitrogens is 3. The lowest BCUT2D eigenvalue weighted by Crippen LogP contribution is -2.28. The van der Waals surface area contributed by atoms with Crippen molar-refractivity contribution in [3.63, 3.8) is 0 Å². The van der Waals surface area contributed by atoms with Crippen molar-refractivity contribution in [2.24, 2.45) is 0 Å². The van der Waals surface area contributed by atoms with E-state index >= 15 is 0 Å². The maximum Gasteiger partial charge on any atom is 0.327 e. The van der Waals surface area contributed by atoms with Gasteiger partial charge < -0.3 is 4.90 Å². The van der Waals surface area contributed by atoms with E-state index in [1.165, 1.54) is 24.4 Å². The molecule has 0 spiro atoms. The topological polar surface area (TPSA) is 128 Å². The summed E-state index contributed by atoms with van der Waals surface area (Å²) in [5.41, 5.74) is 1.85. The number of nitrogens with one attached hydrogen (secondary N) is 3. The fourth-order valence-electron chi connectivity index (χ4n) is 3.59. The fourth-order valence-corrected chi connectivity index (χ4v) is 3.59. The Hall–Kier alpha value is -4.08. The molecule has 4 aromatic rings. The van der Waals surface area contributed by atoms with E-state index in [0.717, 1.165) is 42.6 Å². The molecule has 0 radical (unpaired) electrons. The Kier molecular flexibility index (Phi) is 6.43. The molecule has 0 aliphatic carbocycles. The molecule has 33 heavy (non-hydrogen) atoms. The first-order valence-corrected chi connectivity index (χ1v) is 10.6. The zero-order valence-corrected chi connectivity index (χ0v) is 18.0. The average molecular weight is 450 g/mol. The van der Waals surface area contributed by atoms with Gasteiger partial charge in [0.05, 0.1) is 16.6 Å². The van der Waals surface area contributed by atoms with Crippen LogP contribution in [0.1, 0.15) is 35.3 Å². The lowest BCUT2D eigenvalue weighted by molar-refractivity contribution is 0.0792. The van der Waals surface area contributed by atoms with E-state index in [2.05, 4.69) is 25.1 Å². The zero-order chi connectivity index (χ0) is 23.4. The minimum atomic E-state index is -0.641. The van der Waals surface area contributed by atoms with Gasteiger partial charge in [-0.2, -0.15) is 5.10 Å². The molecule has 0 unspecified atom stereocenters. The largest absolute Gasteiger partial charge is 0.342 e. The molecular weight excluding hydrogens is 427 g/mol. The van der Waals surface area contributed by atoms with Crippen molar-refractivity contribution in [3.05, 3.63) is 80.5 Å². The summed E-state index contributed by atoms with van der Waals surface area (Å²) in [7, 11) is 1.70. The van der Waals surface area contributed by atoms with Gasteiger partial charge in [0, 0.05) is 31.0 Å². The van der Waals surface area contributed by atoms with Crippen LogP contribution in [0.3, 0.4) is 0 Å². The van der Waals surface area contributed by atoms with Gasteiger partial charge in [0.15, 0.2) is 0 Å². The van der Waals surface area contributed by atoms with Crippen LogP contribution < -0.4 is 11.2 Å². The molecule has 0 atom stereocenters. The highest BCUT2D eigenvalue weighted by molar-refractivity contribution is 5.96. The van der Waals surface area contributed by atoms with Crippen LogP contribution in [0.15, 0.2) is 52.2 Å². The molecule has 1 amide bonds. The predicted molar refractivity (Wildman–Crippen MR) is 121 cm³/mol. The number of fused-ring (bicyclic) bond motifs is 1. The standard InChI is InChI=1S/C23H23FN6O3/c1-30(22(32)15-11-18-20(25-13-15)26-23(33)27-21(18)31)10-4-2-3-5-17-12-19(29-28-17)14-6-8-16(24)9-7-14/h6-9,11-13H,2-5,10H2,1H3,(H,28,29)(H2,25,26,27,31,33). The Bertz CT molecular complexity index is 1390. The number of rotatable bonds is 8. The highest BCUT2D eigenvalue weighted by atomic mass is 19.1. The summed E-state index contributed by atoms with van der Waals surface area (Å²) in [5.74, 6) is -0.521. The molecule has 3 aromatic heterocycles. The maximum atomic E-state index is 13.1. The summed E-state index contributed by atoms with van der Waals surface area (Å²) < 4.78 is 13.1. The molecule has 0 aliphatic rings. The van der Waals surface area contributed by atoms with Crippen molar-refractivity contribution in [2.75, 3.05) is 13.6 Å². The van der Waals surface area contributed by atoms with Gasteiger partial charge in [0.2, 0.25) is 0 Å². The van der Waals surface area contributed by atoms with Crippen LogP contribution in [0.25, 0.3) is 22.3 Å². The van der Waals surface area contributed by atoms with E-state index in [-0.39, 0.29) is 28.3 Å². The van der Waals surface area contributed by atoms with Gasteiger partial charge in [-0.25, -0.2) is 14.2 Å². The van der Waals surface area contributed by atoms with Gasteiger partial charge in [-0.05, 0) is 55.7 Å². The van der Waals surface area contributed by atoms with E-state index in [0.29, 0.717) is 6.54 Å². The first kappa shape index (κ1) is 22.1. The lowest BCUT2D eigenvalue weighted by Gasteiger charge is -2.17. The summed E-state index contributed by atoms with van der Waals surface area (Å²) in [6, 6.07) is 9.62. The van der Waals surface area contributed by atoms with Gasteiger partial charge in [-0.1, -0.05) is 6.42 Å². The smallest absolute Gasteiger partial charge is 0.327 e. The van der Waals surface area contributed by atoms with Crippen LogP contribution in [0.5, 0.6) is 0 Å². The number of amides is 1. The number of halogens is 1. The van der Waals surface area contributed by atoms with Gasteiger partial charge in [-0.15, -0.1) is 0 Å². The lowest BCUT2D eigenvalue weighted by atomic mass is 10.1. The normalized spacial score (nSPS) is 11.1. The number of hydrogen-bond acceptors (Lipinski definition) is 5. The molecule has 0 bridgehead atoms. The molecule has 170 valence electrons. The maximum absolute atomic E-state index is 13.1. The summed E-state index contributed by atoms with van der Waals surface area (Å²) in [6.07, 6.45) is 4.83. The van der Waals surface area contributed by atoms with E-state index in [1.54, 1.807) is 24.1 Å². The Morgan fingerprint density at radius 1 is 1.06 bits per heavy atom. The molecule has 3 N–H and O–H groups in total. The molecule has 0 aliphatic heterocycles. The van der Waals surface area contributed by atoms with Gasteiger partial charge in [-0.3, -0.25) is 24.7 Å². The summed E-state index contributed by atoms with van der Waals surface area (Å²) in [6.45, 7) is 0.558. The van der Waals surface area contributed by atoms with E-state index in [4.69, 9.17) is 0 Å². The number of nitrogens with zero attached hydrogens (tertiary/aromatic N) is 3. The fraction of sp³-hybridized carbons (Fsp3) is 0.261. The van der Waals surface area contributed by atoms with Crippen LogP contribution in [-0.4, -0.2) is 49.5 Å². The number of benzene rings is 1. The van der Waals surface area contributed by atoms with Crippen LogP contribution in [0.2, 0.25) is 0 Å². The predicted octanol–water partition coefficient (Wildman–Crippen LogP) is 2.63. The molecular formula is C23H23FN6O3. The number of pyridine rings is 1. The van der Waals surface area contributed by atoms with Gasteiger partial charge >= 0.3 is 5.69 Å². The molecule has 0 saturated carbocycles. The number of carbonyl (C=O) groups excluding carboxylic acids is 1. The molecule has 4 rings (SSSR count). The minimum absolute atomic E-state index is 0.143. The van der Waals surface area contributed by atoms with Crippen molar-refractivity contribution in [1.29, 1.82) is 0 Å². The van der Waals surface area contributed by atoms with E-state index in [1.807, 2.05) is 6.07 Å². The van der Waals surface area contributed by atoms with Crippen molar-refractivity contribution in [1.82, 2.24) is 30.0 Å². The number of unbranched alkanes of at least 4 members (excludes halogenated alkanes) is 2. The number of carbonyl (C=O) groups is 1. The van der Waals surface area contributed by atoms with E-state index < -0.39 is 11.2 Å². The first-order chi connectivity index (χ1) is 15.9. The van der Waals surface area contributed by atoms with Crippen molar-refractivity contribution in [3.8, 4) is 11.3 Å². The first-order valence-electron chi connectivity index (χ1n) is 10.6. The number of hydrogen-bond donors (Lipinski definition) is 3. The molecule has 9 nitrogen and oxygen atoms in total. The summed E-state index contributed by atoms with van der Waals surface area (Å²) in [5, 5.41) is 7.46. The average Bonchev–Trinajstić information content (AvgIpc) is 3.27. The molecule has 10 heteroatoms.